The topological polar surface area (TPSA) is 92.3 Å². The first-order valence-corrected chi connectivity index (χ1v) is 15.4. The Kier molecular flexibility index (Phi) is 13.5. The average Bonchev–Trinajstić information content (AvgIpc) is 2.84. The molecule has 0 saturated carbocycles. The van der Waals surface area contributed by atoms with Crippen LogP contribution in [0.2, 0.25) is 0 Å². The molecular formula is C27H37F3N2O4S2. The SMILES string of the molecule is CC(=O)CNC(=O)[C@H](CC(C)C)NC(c1ccc(-c2ccc(S(C)(=O)=O)cc2)cc1)C(F)(F)F.CCSC. The fraction of sp³-hybridized carbons (Fsp3) is 0.481. The van der Waals surface area contributed by atoms with Crippen molar-refractivity contribution in [1.29, 1.82) is 0 Å². The minimum atomic E-state index is -4.67. The number of nitrogens with one attached hydrogen (secondary N) is 2. The van der Waals surface area contributed by atoms with Crippen LogP contribution in [0.15, 0.2) is 53.4 Å². The van der Waals surface area contributed by atoms with E-state index in [0.29, 0.717) is 11.1 Å². The van der Waals surface area contributed by atoms with E-state index in [9.17, 15) is 31.2 Å². The Morgan fingerprint density at radius 3 is 1.82 bits per heavy atom. The molecule has 0 heterocycles. The van der Waals surface area contributed by atoms with E-state index in [1.165, 1.54) is 49.1 Å². The van der Waals surface area contributed by atoms with Crippen molar-refractivity contribution >= 4 is 33.3 Å². The van der Waals surface area contributed by atoms with Crippen molar-refractivity contribution in [3.05, 3.63) is 54.1 Å². The Morgan fingerprint density at radius 1 is 0.974 bits per heavy atom. The van der Waals surface area contributed by atoms with Crippen LogP contribution in [0.25, 0.3) is 11.1 Å². The number of hydrogen-bond donors (Lipinski definition) is 2. The van der Waals surface area contributed by atoms with Crippen LogP contribution in [-0.2, 0) is 19.4 Å². The van der Waals surface area contributed by atoms with Gasteiger partial charge in [0.1, 0.15) is 11.8 Å². The van der Waals surface area contributed by atoms with Crippen LogP contribution in [0, 0.1) is 5.92 Å². The lowest BCUT2D eigenvalue weighted by molar-refractivity contribution is -0.161. The van der Waals surface area contributed by atoms with Gasteiger partial charge in [0.2, 0.25) is 5.91 Å². The number of thioether (sulfide) groups is 1. The third-order valence-corrected chi connectivity index (χ3v) is 7.08. The van der Waals surface area contributed by atoms with Crippen molar-refractivity contribution in [2.75, 3.05) is 24.8 Å². The highest BCUT2D eigenvalue weighted by molar-refractivity contribution is 7.98. The van der Waals surface area contributed by atoms with Crippen LogP contribution < -0.4 is 10.6 Å². The van der Waals surface area contributed by atoms with E-state index in [1.807, 2.05) is 11.8 Å². The van der Waals surface area contributed by atoms with Crippen molar-refractivity contribution in [3.8, 4) is 11.1 Å². The predicted molar refractivity (Wildman–Crippen MR) is 148 cm³/mol. The maximum atomic E-state index is 14.0. The van der Waals surface area contributed by atoms with Crippen molar-refractivity contribution in [1.82, 2.24) is 10.6 Å². The van der Waals surface area contributed by atoms with Crippen LogP contribution >= 0.6 is 11.8 Å². The molecule has 2 N–H and O–H groups in total. The molecule has 0 aliphatic rings. The van der Waals surface area contributed by atoms with Crippen molar-refractivity contribution in [2.24, 2.45) is 5.92 Å². The van der Waals surface area contributed by atoms with Crippen molar-refractivity contribution in [3.63, 3.8) is 0 Å². The number of hydrogen-bond acceptors (Lipinski definition) is 6. The molecule has 0 aliphatic carbocycles. The van der Waals surface area contributed by atoms with Gasteiger partial charge in [-0.25, -0.2) is 8.42 Å². The zero-order valence-electron chi connectivity index (χ0n) is 22.6. The number of benzene rings is 2. The second-order valence-corrected chi connectivity index (χ2v) is 12.4. The summed E-state index contributed by atoms with van der Waals surface area (Å²) in [7, 11) is -3.36. The highest BCUT2D eigenvalue weighted by Crippen LogP contribution is 2.34. The van der Waals surface area contributed by atoms with Gasteiger partial charge < -0.3 is 5.32 Å². The van der Waals surface area contributed by atoms with Gasteiger partial charge in [-0.1, -0.05) is 57.2 Å². The number of halogens is 3. The number of rotatable bonds is 11. The largest absolute Gasteiger partial charge is 0.407 e. The molecule has 1 amide bonds. The number of amides is 1. The summed E-state index contributed by atoms with van der Waals surface area (Å²) in [5.41, 5.74) is 1.19. The summed E-state index contributed by atoms with van der Waals surface area (Å²) in [6.07, 6.45) is -1.33. The average molecular weight is 575 g/mol. The molecule has 212 valence electrons. The molecule has 6 nitrogen and oxygen atoms in total. The molecule has 2 aromatic rings. The Morgan fingerprint density at radius 2 is 1.45 bits per heavy atom. The third kappa shape index (κ3) is 11.6. The number of ketones is 1. The summed E-state index contributed by atoms with van der Waals surface area (Å²) >= 11 is 1.86. The van der Waals surface area contributed by atoms with Gasteiger partial charge in [-0.05, 0) is 60.1 Å². The first-order valence-electron chi connectivity index (χ1n) is 12.1. The second kappa shape index (κ2) is 15.3. The van der Waals surface area contributed by atoms with E-state index in [1.54, 1.807) is 26.0 Å². The summed E-state index contributed by atoms with van der Waals surface area (Å²) < 4.78 is 65.1. The van der Waals surface area contributed by atoms with E-state index in [0.717, 1.165) is 6.26 Å². The first-order chi connectivity index (χ1) is 17.6. The van der Waals surface area contributed by atoms with E-state index in [4.69, 9.17) is 0 Å². The number of sulfone groups is 1. The molecule has 0 spiro atoms. The van der Waals surface area contributed by atoms with Crippen LogP contribution in [0.5, 0.6) is 0 Å². The van der Waals surface area contributed by atoms with E-state index < -0.39 is 34.0 Å². The number of Topliss-reactive ketones (excluding diaryl/α,β-unsaturated/α-hetero) is 1. The lowest BCUT2D eigenvalue weighted by Gasteiger charge is -2.28. The molecule has 0 aliphatic heterocycles. The number of carbonyl (C=O) groups is 2. The third-order valence-electron chi connectivity index (χ3n) is 5.38. The molecule has 2 atom stereocenters. The Hall–Kier alpha value is -2.37. The van der Waals surface area contributed by atoms with Crippen LogP contribution in [-0.4, -0.2) is 57.1 Å². The summed E-state index contributed by atoms with van der Waals surface area (Å²) in [4.78, 5) is 23.8. The number of alkyl halides is 3. The monoisotopic (exact) mass is 574 g/mol. The molecule has 0 aromatic heterocycles. The zero-order chi connectivity index (χ0) is 29.1. The minimum Gasteiger partial charge on any atom is -0.348 e. The minimum absolute atomic E-state index is 0.0632. The van der Waals surface area contributed by atoms with Gasteiger partial charge in [0, 0.05) is 6.26 Å². The van der Waals surface area contributed by atoms with Gasteiger partial charge in [-0.3, -0.25) is 14.9 Å². The summed E-state index contributed by atoms with van der Waals surface area (Å²) in [5.74, 6) is 0.205. The Balaban J connectivity index is 0.00000168. The molecule has 2 aromatic carbocycles. The molecule has 0 radical (unpaired) electrons. The highest BCUT2D eigenvalue weighted by atomic mass is 32.2. The lowest BCUT2D eigenvalue weighted by atomic mass is 9.97. The molecule has 0 bridgehead atoms. The maximum absolute atomic E-state index is 14.0. The van der Waals surface area contributed by atoms with Gasteiger partial charge >= 0.3 is 6.18 Å². The van der Waals surface area contributed by atoms with Crippen LogP contribution in [0.4, 0.5) is 13.2 Å². The Labute approximate surface area is 228 Å². The molecule has 2 rings (SSSR count). The summed E-state index contributed by atoms with van der Waals surface area (Å²) in [6, 6.07) is 8.48. The standard InChI is InChI=1S/C24H29F3N2O4S.C3H8S/c1-15(2)13-21(23(31)28-14-16(3)30)29-22(24(25,26)27)19-7-5-17(6-8-19)18-9-11-20(12-10-18)34(4,32)33;1-3-4-2/h5-12,15,21-22,29H,13-14H2,1-4H3,(H,28,31);3H2,1-2H3/t21-,22?;/m0./s1. The second-order valence-electron chi connectivity index (χ2n) is 9.24. The van der Waals surface area contributed by atoms with E-state index in [-0.39, 0.29) is 35.1 Å². The molecule has 0 fully saturated rings. The molecule has 0 saturated heterocycles. The maximum Gasteiger partial charge on any atom is 0.407 e. The van der Waals surface area contributed by atoms with Gasteiger partial charge in [0.05, 0.1) is 17.5 Å². The smallest absolute Gasteiger partial charge is 0.348 e. The molecule has 38 heavy (non-hydrogen) atoms. The first kappa shape index (κ1) is 33.7. The fourth-order valence-corrected chi connectivity index (χ4v) is 4.03. The van der Waals surface area contributed by atoms with Crippen molar-refractivity contribution in [2.45, 2.75) is 57.3 Å². The van der Waals surface area contributed by atoms with Crippen LogP contribution in [0.1, 0.15) is 45.7 Å². The zero-order valence-corrected chi connectivity index (χ0v) is 24.2. The highest BCUT2D eigenvalue weighted by Gasteiger charge is 2.42. The molecule has 11 heteroatoms. The van der Waals surface area contributed by atoms with Gasteiger partial charge in [0.15, 0.2) is 9.84 Å². The van der Waals surface area contributed by atoms with Crippen molar-refractivity contribution < 1.29 is 31.2 Å². The predicted octanol–water partition coefficient (Wildman–Crippen LogP) is 5.44. The van der Waals surface area contributed by atoms with Gasteiger partial charge in [0.25, 0.3) is 0 Å². The number of carbonyl (C=O) groups excluding carboxylic acids is 2. The molecular weight excluding hydrogens is 537 g/mol. The molecule has 1 unspecified atom stereocenters. The normalized spacial score (nSPS) is 13.3. The van der Waals surface area contributed by atoms with E-state index in [2.05, 4.69) is 23.8 Å². The lowest BCUT2D eigenvalue weighted by Crippen LogP contribution is -2.50. The van der Waals surface area contributed by atoms with Gasteiger partial charge in [-0.15, -0.1) is 0 Å². The quantitative estimate of drug-likeness (QED) is 0.371. The fourth-order valence-electron chi connectivity index (χ4n) is 3.40. The summed E-state index contributed by atoms with van der Waals surface area (Å²) in [5, 5.41) is 4.81. The van der Waals surface area contributed by atoms with Gasteiger partial charge in [-0.2, -0.15) is 24.9 Å². The van der Waals surface area contributed by atoms with Crippen LogP contribution in [0.3, 0.4) is 0 Å². The summed E-state index contributed by atoms with van der Waals surface area (Å²) in [6.45, 7) is 6.75. The Bertz CT molecular complexity index is 1130. The van der Waals surface area contributed by atoms with E-state index >= 15 is 0 Å².